The third-order valence-electron chi connectivity index (χ3n) is 3.11. The first-order chi connectivity index (χ1) is 10.3. The van der Waals surface area contributed by atoms with Crippen LogP contribution in [-0.4, -0.2) is 34.7 Å². The van der Waals surface area contributed by atoms with Crippen LogP contribution in [0, 0.1) is 6.92 Å². The number of carbonyl (C=O) groups is 2. The Morgan fingerprint density at radius 3 is 1.86 bits per heavy atom. The van der Waals surface area contributed by atoms with Crippen molar-refractivity contribution in [2.75, 3.05) is 11.9 Å². The first kappa shape index (κ1) is 19.9. The number of nitrogens with one attached hydrogen (secondary N) is 1. The Labute approximate surface area is 131 Å². The molecule has 124 valence electrons. The Morgan fingerprint density at radius 2 is 1.59 bits per heavy atom. The van der Waals surface area contributed by atoms with Gasteiger partial charge in [0.2, 0.25) is 0 Å². The van der Waals surface area contributed by atoms with Gasteiger partial charge in [-0.05, 0) is 37.8 Å². The third kappa shape index (κ3) is 6.58. The summed E-state index contributed by atoms with van der Waals surface area (Å²) in [6.07, 6.45) is 1.81. The van der Waals surface area contributed by atoms with Crippen molar-refractivity contribution >= 4 is 17.6 Å². The molecule has 6 heteroatoms. The molecular weight excluding hydrogens is 284 g/mol. The maximum absolute atomic E-state index is 10.9. The highest BCUT2D eigenvalue weighted by molar-refractivity contribution is 5.78. The lowest BCUT2D eigenvalue weighted by molar-refractivity contribution is -0.137. The first-order valence-electron chi connectivity index (χ1n) is 7.30. The lowest BCUT2D eigenvalue weighted by atomic mass is 9.99. The molecule has 0 radical (unpaired) electrons. The number of rotatable bonds is 6. The van der Waals surface area contributed by atoms with Crippen LogP contribution in [0.2, 0.25) is 0 Å². The number of benzene rings is 1. The normalized spacial score (nSPS) is 11.1. The first-order valence-corrected chi connectivity index (χ1v) is 7.30. The van der Waals surface area contributed by atoms with Crippen molar-refractivity contribution in [3.8, 4) is 0 Å². The summed E-state index contributed by atoms with van der Waals surface area (Å²) in [5.41, 5.74) is 9.18. The predicted octanol–water partition coefficient (Wildman–Crippen LogP) is 2.03. The number of anilines is 1. The minimum atomic E-state index is -0.968. The molecule has 0 aliphatic heterocycles. The zero-order valence-corrected chi connectivity index (χ0v) is 13.6. The van der Waals surface area contributed by atoms with E-state index in [1.807, 2.05) is 0 Å². The summed E-state index contributed by atoms with van der Waals surface area (Å²) in [5, 5.41) is 19.7. The molecule has 0 unspecified atom stereocenters. The van der Waals surface area contributed by atoms with Crippen molar-refractivity contribution in [3.63, 3.8) is 0 Å². The summed E-state index contributed by atoms with van der Waals surface area (Å²) in [7, 11) is 0. The smallest absolute Gasteiger partial charge is 0.325 e. The summed E-state index contributed by atoms with van der Waals surface area (Å²) in [4.78, 5) is 20.2. The topological polar surface area (TPSA) is 113 Å². The highest BCUT2D eigenvalue weighted by Crippen LogP contribution is 2.25. The van der Waals surface area contributed by atoms with Crippen molar-refractivity contribution < 1.29 is 19.8 Å². The highest BCUT2D eigenvalue weighted by Gasteiger charge is 2.14. The molecule has 22 heavy (non-hydrogen) atoms. The summed E-state index contributed by atoms with van der Waals surface area (Å²) in [6.45, 7) is 7.64. The van der Waals surface area contributed by atoms with Gasteiger partial charge in [0.05, 0.1) is 6.54 Å². The second-order valence-electron chi connectivity index (χ2n) is 4.97. The van der Waals surface area contributed by atoms with Crippen LogP contribution in [0.1, 0.15) is 37.5 Å². The molecule has 0 heterocycles. The molecule has 0 aliphatic rings. The zero-order chi connectivity index (χ0) is 17.3. The molecule has 1 atom stereocenters. The molecule has 0 aliphatic carbocycles. The Hall–Kier alpha value is -2.08. The van der Waals surface area contributed by atoms with E-state index in [4.69, 9.17) is 10.2 Å². The van der Waals surface area contributed by atoms with Crippen LogP contribution in [0.25, 0.3) is 0 Å². The molecule has 0 spiro atoms. The van der Waals surface area contributed by atoms with Gasteiger partial charge in [0.15, 0.2) is 0 Å². The zero-order valence-electron chi connectivity index (χ0n) is 13.6. The van der Waals surface area contributed by atoms with Gasteiger partial charge in [0.1, 0.15) is 6.04 Å². The SMILES string of the molecule is CCc1cc(C)cc(CC)c1N[C@@H](C)C(=O)O.NCC(=O)O. The van der Waals surface area contributed by atoms with E-state index in [0.29, 0.717) is 0 Å². The van der Waals surface area contributed by atoms with E-state index in [9.17, 15) is 9.59 Å². The van der Waals surface area contributed by atoms with Crippen molar-refractivity contribution in [1.29, 1.82) is 0 Å². The number of aryl methyl sites for hydroxylation is 3. The minimum Gasteiger partial charge on any atom is -0.480 e. The number of nitrogens with two attached hydrogens (primary N) is 1. The number of hydrogen-bond acceptors (Lipinski definition) is 4. The van der Waals surface area contributed by atoms with Crippen molar-refractivity contribution in [3.05, 3.63) is 28.8 Å². The van der Waals surface area contributed by atoms with Gasteiger partial charge in [-0.25, -0.2) is 0 Å². The molecule has 6 nitrogen and oxygen atoms in total. The van der Waals surface area contributed by atoms with Crippen LogP contribution < -0.4 is 11.1 Å². The molecule has 1 aromatic rings. The molecule has 0 saturated carbocycles. The number of carboxylic acids is 2. The van der Waals surface area contributed by atoms with Crippen LogP contribution in [0.15, 0.2) is 12.1 Å². The fourth-order valence-electron chi connectivity index (χ4n) is 1.96. The Bertz CT molecular complexity index is 490. The lowest BCUT2D eigenvalue weighted by Gasteiger charge is -2.19. The van der Waals surface area contributed by atoms with Gasteiger partial charge in [0.25, 0.3) is 0 Å². The van der Waals surface area contributed by atoms with Gasteiger partial charge in [-0.2, -0.15) is 0 Å². The van der Waals surface area contributed by atoms with Crippen molar-refractivity contribution in [2.45, 2.75) is 46.6 Å². The van der Waals surface area contributed by atoms with Crippen LogP contribution >= 0.6 is 0 Å². The molecule has 0 aromatic heterocycles. The van der Waals surface area contributed by atoms with Gasteiger partial charge in [-0.15, -0.1) is 0 Å². The van der Waals surface area contributed by atoms with Gasteiger partial charge in [-0.3, -0.25) is 9.59 Å². The Morgan fingerprint density at radius 1 is 1.18 bits per heavy atom. The van der Waals surface area contributed by atoms with E-state index in [1.54, 1.807) is 6.92 Å². The molecule has 0 fully saturated rings. The molecule has 0 amide bonds. The Balaban J connectivity index is 0.000000763. The van der Waals surface area contributed by atoms with Gasteiger partial charge >= 0.3 is 11.9 Å². The summed E-state index contributed by atoms with van der Waals surface area (Å²) in [5.74, 6) is -1.79. The monoisotopic (exact) mass is 310 g/mol. The predicted molar refractivity (Wildman–Crippen MR) is 87.3 cm³/mol. The molecule has 1 rings (SSSR count). The highest BCUT2D eigenvalue weighted by atomic mass is 16.4. The lowest BCUT2D eigenvalue weighted by Crippen LogP contribution is -2.26. The van der Waals surface area contributed by atoms with Crippen LogP contribution in [0.4, 0.5) is 5.69 Å². The summed E-state index contributed by atoms with van der Waals surface area (Å²) in [6, 6.07) is 3.68. The standard InChI is InChI=1S/C14H21NO2.C2H5NO2/c1-5-11-7-9(3)8-12(6-2)13(11)15-10(4)14(16)17;3-1-2(4)5/h7-8,10,15H,5-6H2,1-4H3,(H,16,17);1,3H2,(H,4,5)/t10-;/m0./s1. The van der Waals surface area contributed by atoms with Gasteiger partial charge in [-0.1, -0.05) is 31.5 Å². The quantitative estimate of drug-likeness (QED) is 0.639. The average Bonchev–Trinajstić information content (AvgIpc) is 2.48. The summed E-state index contributed by atoms with van der Waals surface area (Å²) < 4.78 is 0. The van der Waals surface area contributed by atoms with Crippen LogP contribution in [0.5, 0.6) is 0 Å². The van der Waals surface area contributed by atoms with E-state index in [1.165, 1.54) is 16.7 Å². The number of hydrogen-bond donors (Lipinski definition) is 4. The fraction of sp³-hybridized carbons (Fsp3) is 0.500. The van der Waals surface area contributed by atoms with Crippen molar-refractivity contribution in [1.82, 2.24) is 0 Å². The van der Waals surface area contributed by atoms with Gasteiger partial charge in [0, 0.05) is 5.69 Å². The average molecular weight is 310 g/mol. The second-order valence-corrected chi connectivity index (χ2v) is 4.97. The number of carboxylic acid groups (broad SMARTS) is 2. The Kier molecular flexibility index (Phi) is 8.86. The molecule has 5 N–H and O–H groups in total. The van der Waals surface area contributed by atoms with E-state index in [2.05, 4.69) is 44.0 Å². The molecular formula is C16H26N2O4. The van der Waals surface area contributed by atoms with E-state index < -0.39 is 18.0 Å². The number of aliphatic carboxylic acids is 2. The molecule has 0 bridgehead atoms. The molecule has 0 saturated heterocycles. The van der Waals surface area contributed by atoms with Gasteiger partial charge < -0.3 is 21.3 Å². The minimum absolute atomic E-state index is 0.278. The molecule has 1 aromatic carbocycles. The maximum atomic E-state index is 10.9. The largest absolute Gasteiger partial charge is 0.480 e. The van der Waals surface area contributed by atoms with E-state index in [-0.39, 0.29) is 6.54 Å². The van der Waals surface area contributed by atoms with Crippen LogP contribution in [-0.2, 0) is 22.4 Å². The van der Waals surface area contributed by atoms with E-state index >= 15 is 0 Å². The summed E-state index contributed by atoms with van der Waals surface area (Å²) >= 11 is 0. The van der Waals surface area contributed by atoms with Crippen molar-refractivity contribution in [2.24, 2.45) is 5.73 Å². The van der Waals surface area contributed by atoms with E-state index in [0.717, 1.165) is 18.5 Å². The second kappa shape index (κ2) is 9.78. The van der Waals surface area contributed by atoms with Crippen LogP contribution in [0.3, 0.4) is 0 Å². The third-order valence-corrected chi connectivity index (χ3v) is 3.11. The maximum Gasteiger partial charge on any atom is 0.325 e. The fourth-order valence-corrected chi connectivity index (χ4v) is 1.96.